The van der Waals surface area contributed by atoms with Crippen LogP contribution in [0.4, 0.5) is 0 Å². The molecule has 0 aromatic heterocycles. The molecule has 0 bridgehead atoms. The quantitative estimate of drug-likeness (QED) is 0.799. The second-order valence-electron chi connectivity index (χ2n) is 3.79. The predicted molar refractivity (Wildman–Crippen MR) is 62.9 cm³/mol. The zero-order valence-electron chi connectivity index (χ0n) is 8.99. The van der Waals surface area contributed by atoms with Crippen LogP contribution in [0.5, 0.6) is 11.5 Å². The van der Waals surface area contributed by atoms with Gasteiger partial charge in [-0.2, -0.15) is 0 Å². The highest BCUT2D eigenvalue weighted by Gasteiger charge is 2.19. The Morgan fingerprint density at radius 3 is 2.50 bits per heavy atom. The van der Waals surface area contributed by atoms with Gasteiger partial charge in [0.05, 0.1) is 6.42 Å². The number of halogens is 1. The molecule has 4 nitrogen and oxygen atoms in total. The molecule has 0 aliphatic rings. The van der Waals surface area contributed by atoms with Crippen molar-refractivity contribution in [2.45, 2.75) is 26.2 Å². The number of aromatic hydroxyl groups is 2. The van der Waals surface area contributed by atoms with Gasteiger partial charge < -0.3 is 15.3 Å². The third-order valence-electron chi connectivity index (χ3n) is 2.45. The number of rotatable bonds is 3. The minimum absolute atomic E-state index is 0.0243. The summed E-state index contributed by atoms with van der Waals surface area (Å²) in [6, 6.07) is 1.60. The second kappa shape index (κ2) is 4.74. The first kappa shape index (κ1) is 12.8. The molecule has 0 heterocycles. The highest BCUT2D eigenvalue weighted by Crippen LogP contribution is 2.41. The molecule has 0 aliphatic carbocycles. The van der Waals surface area contributed by atoms with Crippen molar-refractivity contribution in [3.63, 3.8) is 0 Å². The number of hydrogen-bond acceptors (Lipinski definition) is 3. The summed E-state index contributed by atoms with van der Waals surface area (Å²) in [5.41, 5.74) is 1.11. The van der Waals surface area contributed by atoms with Crippen molar-refractivity contribution in [3.05, 3.63) is 21.7 Å². The topological polar surface area (TPSA) is 77.8 Å². The van der Waals surface area contributed by atoms with Crippen LogP contribution < -0.4 is 0 Å². The standard InChI is InChI=1S/C11H13BrO4/c1-5(4-8(13)14)7-3-6(2)10(15)9(12)11(7)16/h3,5,15-16H,4H2,1-2H3,(H,13,14). The van der Waals surface area contributed by atoms with Gasteiger partial charge >= 0.3 is 5.97 Å². The Balaban J connectivity index is 3.19. The first-order valence-corrected chi connectivity index (χ1v) is 5.56. The molecule has 1 rings (SSSR count). The average Bonchev–Trinajstić information content (AvgIpc) is 2.19. The van der Waals surface area contributed by atoms with Gasteiger partial charge in [-0.1, -0.05) is 6.92 Å². The summed E-state index contributed by atoms with van der Waals surface area (Å²) in [7, 11) is 0. The Morgan fingerprint density at radius 1 is 1.44 bits per heavy atom. The Kier molecular flexibility index (Phi) is 3.80. The van der Waals surface area contributed by atoms with E-state index < -0.39 is 5.97 Å². The van der Waals surface area contributed by atoms with Gasteiger partial charge in [0.2, 0.25) is 0 Å². The van der Waals surface area contributed by atoms with Gasteiger partial charge in [-0.3, -0.25) is 4.79 Å². The highest BCUT2D eigenvalue weighted by atomic mass is 79.9. The van der Waals surface area contributed by atoms with E-state index in [4.69, 9.17) is 5.11 Å². The summed E-state index contributed by atoms with van der Waals surface area (Å²) in [5, 5.41) is 28.0. The summed E-state index contributed by atoms with van der Waals surface area (Å²) in [6.07, 6.45) is -0.0653. The van der Waals surface area contributed by atoms with Gasteiger partial charge in [-0.05, 0) is 46.0 Å². The Hall–Kier alpha value is -1.23. The molecular weight excluding hydrogens is 276 g/mol. The Labute approximate surface area is 102 Å². The third-order valence-corrected chi connectivity index (χ3v) is 3.20. The molecule has 16 heavy (non-hydrogen) atoms. The van der Waals surface area contributed by atoms with Crippen molar-refractivity contribution in [1.29, 1.82) is 0 Å². The van der Waals surface area contributed by atoms with Crippen LogP contribution in [0.2, 0.25) is 0 Å². The molecule has 0 amide bonds. The van der Waals surface area contributed by atoms with E-state index in [2.05, 4.69) is 15.9 Å². The zero-order valence-corrected chi connectivity index (χ0v) is 10.6. The summed E-state index contributed by atoms with van der Waals surface area (Å²) in [5.74, 6) is -1.36. The largest absolute Gasteiger partial charge is 0.506 e. The molecule has 0 fully saturated rings. The molecule has 5 heteroatoms. The van der Waals surface area contributed by atoms with E-state index in [1.54, 1.807) is 19.9 Å². The maximum Gasteiger partial charge on any atom is 0.303 e. The molecule has 0 radical (unpaired) electrons. The summed E-state index contributed by atoms with van der Waals surface area (Å²) >= 11 is 3.07. The monoisotopic (exact) mass is 288 g/mol. The van der Waals surface area contributed by atoms with Crippen LogP contribution in [0.15, 0.2) is 10.5 Å². The van der Waals surface area contributed by atoms with Gasteiger partial charge in [-0.25, -0.2) is 0 Å². The van der Waals surface area contributed by atoms with E-state index in [0.717, 1.165) is 0 Å². The lowest BCUT2D eigenvalue weighted by Gasteiger charge is -2.15. The average molecular weight is 289 g/mol. The Bertz CT molecular complexity index is 428. The fourth-order valence-corrected chi connectivity index (χ4v) is 2.07. The number of carbonyl (C=O) groups is 1. The van der Waals surface area contributed by atoms with Crippen molar-refractivity contribution in [2.75, 3.05) is 0 Å². The van der Waals surface area contributed by atoms with E-state index in [-0.39, 0.29) is 28.3 Å². The molecule has 0 spiro atoms. The smallest absolute Gasteiger partial charge is 0.303 e. The van der Waals surface area contributed by atoms with Gasteiger partial charge in [0.25, 0.3) is 0 Å². The van der Waals surface area contributed by atoms with Crippen LogP contribution in [0.3, 0.4) is 0 Å². The number of aryl methyl sites for hydroxylation is 1. The molecule has 0 saturated heterocycles. The fourth-order valence-electron chi connectivity index (χ4n) is 1.53. The van der Waals surface area contributed by atoms with E-state index in [1.165, 1.54) is 0 Å². The number of aliphatic carboxylic acids is 1. The molecule has 0 saturated carbocycles. The van der Waals surface area contributed by atoms with Crippen molar-refractivity contribution >= 4 is 21.9 Å². The van der Waals surface area contributed by atoms with Crippen LogP contribution in [0.1, 0.15) is 30.4 Å². The lowest BCUT2D eigenvalue weighted by atomic mass is 9.95. The molecule has 1 atom stereocenters. The van der Waals surface area contributed by atoms with Crippen molar-refractivity contribution in [3.8, 4) is 11.5 Å². The number of hydrogen-bond donors (Lipinski definition) is 3. The maximum absolute atomic E-state index is 10.6. The lowest BCUT2D eigenvalue weighted by molar-refractivity contribution is -0.137. The SMILES string of the molecule is Cc1cc(C(C)CC(=O)O)c(O)c(Br)c1O. The first-order valence-electron chi connectivity index (χ1n) is 4.77. The van der Waals surface area contributed by atoms with E-state index in [0.29, 0.717) is 11.1 Å². The van der Waals surface area contributed by atoms with Gasteiger partial charge in [-0.15, -0.1) is 0 Å². The number of phenols is 2. The van der Waals surface area contributed by atoms with Crippen LogP contribution in [0.25, 0.3) is 0 Å². The number of benzene rings is 1. The first-order chi connectivity index (χ1) is 7.34. The van der Waals surface area contributed by atoms with Gasteiger partial charge in [0.1, 0.15) is 16.0 Å². The van der Waals surface area contributed by atoms with Crippen molar-refractivity contribution in [2.24, 2.45) is 0 Å². The summed E-state index contributed by atoms with van der Waals surface area (Å²) in [4.78, 5) is 10.6. The van der Waals surface area contributed by atoms with Crippen LogP contribution >= 0.6 is 15.9 Å². The minimum atomic E-state index is -0.922. The van der Waals surface area contributed by atoms with Crippen LogP contribution in [-0.2, 0) is 4.79 Å². The third kappa shape index (κ3) is 2.47. The van der Waals surface area contributed by atoms with E-state index in [9.17, 15) is 15.0 Å². The molecule has 1 aromatic rings. The van der Waals surface area contributed by atoms with Crippen molar-refractivity contribution in [1.82, 2.24) is 0 Å². The van der Waals surface area contributed by atoms with Gasteiger partial charge in [0, 0.05) is 0 Å². The van der Waals surface area contributed by atoms with E-state index in [1.807, 2.05) is 0 Å². The molecule has 3 N–H and O–H groups in total. The fraction of sp³-hybridized carbons (Fsp3) is 0.364. The number of carboxylic acids is 1. The lowest BCUT2D eigenvalue weighted by Crippen LogP contribution is -2.03. The number of carboxylic acid groups (broad SMARTS) is 1. The maximum atomic E-state index is 10.6. The summed E-state index contributed by atoms with van der Waals surface area (Å²) < 4.78 is 0.208. The minimum Gasteiger partial charge on any atom is -0.506 e. The highest BCUT2D eigenvalue weighted by molar-refractivity contribution is 9.10. The zero-order chi connectivity index (χ0) is 12.5. The Morgan fingerprint density at radius 2 is 2.00 bits per heavy atom. The normalized spacial score (nSPS) is 12.4. The molecular formula is C11H13BrO4. The van der Waals surface area contributed by atoms with Gasteiger partial charge in [0.15, 0.2) is 0 Å². The number of phenolic OH excluding ortho intramolecular Hbond substituents is 2. The van der Waals surface area contributed by atoms with Crippen molar-refractivity contribution < 1.29 is 20.1 Å². The molecule has 1 aromatic carbocycles. The predicted octanol–water partition coefficient (Wildman–Crippen LogP) is 2.75. The molecule has 1 unspecified atom stereocenters. The molecule has 88 valence electrons. The van der Waals surface area contributed by atoms with E-state index >= 15 is 0 Å². The van der Waals surface area contributed by atoms with Crippen LogP contribution in [-0.4, -0.2) is 21.3 Å². The molecule has 0 aliphatic heterocycles. The van der Waals surface area contributed by atoms with Crippen LogP contribution in [0, 0.1) is 6.92 Å². The summed E-state index contributed by atoms with van der Waals surface area (Å²) in [6.45, 7) is 3.41. The second-order valence-corrected chi connectivity index (χ2v) is 4.59.